The average molecular weight is 270 g/mol. The molecule has 0 saturated heterocycles. The summed E-state index contributed by atoms with van der Waals surface area (Å²) < 4.78 is 9.98. The standard InChI is InChI=1S/C14H22O5/c1-9-6-7-14(13(2,3)4,19-12(16)17)10(8-9)11(15)18-5/h6-7,9-10H,8H2,1-5H3,(H,16,17). The fourth-order valence-electron chi connectivity index (χ4n) is 2.64. The number of carbonyl (C=O) groups excluding carboxylic acids is 1. The van der Waals surface area contributed by atoms with Gasteiger partial charge in [-0.1, -0.05) is 33.8 Å². The van der Waals surface area contributed by atoms with Crippen LogP contribution in [-0.2, 0) is 14.3 Å². The topological polar surface area (TPSA) is 72.8 Å². The van der Waals surface area contributed by atoms with E-state index in [4.69, 9.17) is 14.6 Å². The number of carboxylic acid groups (broad SMARTS) is 1. The number of ether oxygens (including phenoxy) is 2. The van der Waals surface area contributed by atoms with Crippen LogP contribution in [0.1, 0.15) is 34.1 Å². The van der Waals surface area contributed by atoms with Crippen molar-refractivity contribution in [2.75, 3.05) is 7.11 Å². The van der Waals surface area contributed by atoms with E-state index in [1.807, 2.05) is 33.8 Å². The molecule has 0 aromatic carbocycles. The summed E-state index contributed by atoms with van der Waals surface area (Å²) in [5, 5.41) is 9.02. The van der Waals surface area contributed by atoms with Crippen LogP contribution in [0.2, 0.25) is 0 Å². The van der Waals surface area contributed by atoms with Gasteiger partial charge in [-0.2, -0.15) is 0 Å². The molecule has 0 aliphatic heterocycles. The minimum Gasteiger partial charge on any atom is -0.469 e. The quantitative estimate of drug-likeness (QED) is 0.617. The molecule has 0 spiro atoms. The highest BCUT2D eigenvalue weighted by atomic mass is 16.7. The zero-order valence-electron chi connectivity index (χ0n) is 12.1. The molecule has 0 aromatic heterocycles. The van der Waals surface area contributed by atoms with Gasteiger partial charge < -0.3 is 14.6 Å². The van der Waals surface area contributed by atoms with Crippen LogP contribution >= 0.6 is 0 Å². The first-order chi connectivity index (χ1) is 8.64. The average Bonchev–Trinajstić information content (AvgIpc) is 2.28. The molecule has 0 saturated carbocycles. The lowest BCUT2D eigenvalue weighted by Crippen LogP contribution is -2.55. The normalized spacial score (nSPS) is 30.8. The fraction of sp³-hybridized carbons (Fsp3) is 0.714. The summed E-state index contributed by atoms with van der Waals surface area (Å²) in [4.78, 5) is 23.1. The molecule has 1 aliphatic carbocycles. The molecule has 0 aromatic rings. The molecule has 0 amide bonds. The first kappa shape index (κ1) is 15.5. The second kappa shape index (κ2) is 5.23. The lowest BCUT2D eigenvalue weighted by molar-refractivity contribution is -0.164. The molecule has 1 N–H and O–H groups in total. The van der Waals surface area contributed by atoms with Crippen molar-refractivity contribution in [2.24, 2.45) is 17.3 Å². The van der Waals surface area contributed by atoms with Crippen LogP contribution < -0.4 is 0 Å². The van der Waals surface area contributed by atoms with Gasteiger partial charge in [-0.3, -0.25) is 4.79 Å². The van der Waals surface area contributed by atoms with Crippen molar-refractivity contribution in [3.05, 3.63) is 12.2 Å². The summed E-state index contributed by atoms with van der Waals surface area (Å²) in [5.41, 5.74) is -1.75. The molecule has 19 heavy (non-hydrogen) atoms. The van der Waals surface area contributed by atoms with Crippen LogP contribution in [0.5, 0.6) is 0 Å². The zero-order valence-corrected chi connectivity index (χ0v) is 12.1. The van der Waals surface area contributed by atoms with Crippen molar-refractivity contribution in [1.29, 1.82) is 0 Å². The number of rotatable bonds is 2. The number of methoxy groups -OCH3 is 1. The van der Waals surface area contributed by atoms with Gasteiger partial charge >= 0.3 is 12.1 Å². The Labute approximate surface area is 113 Å². The minimum absolute atomic E-state index is 0.178. The Morgan fingerprint density at radius 1 is 1.37 bits per heavy atom. The van der Waals surface area contributed by atoms with Gasteiger partial charge in [0.2, 0.25) is 0 Å². The van der Waals surface area contributed by atoms with Crippen LogP contribution in [-0.4, -0.2) is 29.9 Å². The van der Waals surface area contributed by atoms with E-state index in [1.165, 1.54) is 7.11 Å². The third kappa shape index (κ3) is 2.91. The molecule has 5 nitrogen and oxygen atoms in total. The zero-order chi connectivity index (χ0) is 14.8. The van der Waals surface area contributed by atoms with Crippen molar-refractivity contribution >= 4 is 12.1 Å². The Balaban J connectivity index is 3.34. The third-order valence-corrected chi connectivity index (χ3v) is 3.71. The number of hydrogen-bond donors (Lipinski definition) is 1. The Morgan fingerprint density at radius 2 is 1.95 bits per heavy atom. The van der Waals surface area contributed by atoms with Gasteiger partial charge in [-0.25, -0.2) is 4.79 Å². The lowest BCUT2D eigenvalue weighted by Gasteiger charge is -2.47. The molecule has 1 rings (SSSR count). The Bertz CT molecular complexity index is 393. The van der Waals surface area contributed by atoms with E-state index in [0.717, 1.165) is 0 Å². The molecule has 0 heterocycles. The molecule has 1 aliphatic rings. The SMILES string of the molecule is COC(=O)C1CC(C)C=CC1(OC(=O)O)C(C)(C)C. The molecule has 0 fully saturated rings. The molecular formula is C14H22O5. The van der Waals surface area contributed by atoms with E-state index < -0.39 is 29.1 Å². The maximum atomic E-state index is 12.0. The van der Waals surface area contributed by atoms with Crippen molar-refractivity contribution in [2.45, 2.75) is 39.7 Å². The number of allylic oxidation sites excluding steroid dienone is 1. The van der Waals surface area contributed by atoms with E-state index in [9.17, 15) is 9.59 Å². The molecule has 5 heteroatoms. The monoisotopic (exact) mass is 270 g/mol. The maximum Gasteiger partial charge on any atom is 0.506 e. The summed E-state index contributed by atoms with van der Waals surface area (Å²) >= 11 is 0. The van der Waals surface area contributed by atoms with Gasteiger partial charge in [0.15, 0.2) is 5.60 Å². The van der Waals surface area contributed by atoms with E-state index >= 15 is 0 Å². The second-order valence-electron chi connectivity index (χ2n) is 6.06. The van der Waals surface area contributed by atoms with E-state index in [1.54, 1.807) is 6.08 Å². The summed E-state index contributed by atoms with van der Waals surface area (Å²) in [6.07, 6.45) is 2.72. The van der Waals surface area contributed by atoms with Gasteiger partial charge in [0.05, 0.1) is 7.11 Å². The van der Waals surface area contributed by atoms with Crippen molar-refractivity contribution in [1.82, 2.24) is 0 Å². The molecule has 108 valence electrons. The summed E-state index contributed by atoms with van der Waals surface area (Å²) in [7, 11) is 1.31. The molecule has 3 unspecified atom stereocenters. The highest BCUT2D eigenvalue weighted by Crippen LogP contribution is 2.47. The maximum absolute atomic E-state index is 12.0. The lowest BCUT2D eigenvalue weighted by atomic mass is 9.63. The fourth-order valence-corrected chi connectivity index (χ4v) is 2.64. The number of esters is 1. The van der Waals surface area contributed by atoms with Crippen LogP contribution in [0, 0.1) is 17.3 Å². The predicted molar refractivity (Wildman–Crippen MR) is 69.7 cm³/mol. The summed E-state index contributed by atoms with van der Waals surface area (Å²) in [6, 6.07) is 0. The first-order valence-corrected chi connectivity index (χ1v) is 6.33. The predicted octanol–water partition coefficient (Wildman–Crippen LogP) is 2.85. The molecular weight excluding hydrogens is 248 g/mol. The Hall–Kier alpha value is -1.52. The smallest absolute Gasteiger partial charge is 0.469 e. The molecule has 3 atom stereocenters. The van der Waals surface area contributed by atoms with Crippen LogP contribution in [0.4, 0.5) is 4.79 Å². The van der Waals surface area contributed by atoms with Crippen molar-refractivity contribution in [3.63, 3.8) is 0 Å². The largest absolute Gasteiger partial charge is 0.506 e. The van der Waals surface area contributed by atoms with E-state index in [-0.39, 0.29) is 5.92 Å². The van der Waals surface area contributed by atoms with Crippen LogP contribution in [0.15, 0.2) is 12.2 Å². The number of hydrogen-bond acceptors (Lipinski definition) is 4. The van der Waals surface area contributed by atoms with E-state index in [0.29, 0.717) is 6.42 Å². The van der Waals surface area contributed by atoms with Gasteiger partial charge in [0.1, 0.15) is 5.92 Å². The van der Waals surface area contributed by atoms with Gasteiger partial charge in [0.25, 0.3) is 0 Å². The molecule has 0 radical (unpaired) electrons. The first-order valence-electron chi connectivity index (χ1n) is 6.33. The van der Waals surface area contributed by atoms with Gasteiger partial charge in [-0.05, 0) is 18.4 Å². The van der Waals surface area contributed by atoms with E-state index in [2.05, 4.69) is 0 Å². The number of carbonyl (C=O) groups is 2. The van der Waals surface area contributed by atoms with Gasteiger partial charge in [-0.15, -0.1) is 0 Å². The second-order valence-corrected chi connectivity index (χ2v) is 6.06. The van der Waals surface area contributed by atoms with Crippen LogP contribution in [0.25, 0.3) is 0 Å². The minimum atomic E-state index is -1.39. The molecule has 0 bridgehead atoms. The van der Waals surface area contributed by atoms with Crippen LogP contribution in [0.3, 0.4) is 0 Å². The van der Waals surface area contributed by atoms with Crippen molar-refractivity contribution in [3.8, 4) is 0 Å². The summed E-state index contributed by atoms with van der Waals surface area (Å²) in [6.45, 7) is 7.53. The highest BCUT2D eigenvalue weighted by Gasteiger charge is 2.55. The Kier molecular flexibility index (Phi) is 4.28. The Morgan fingerprint density at radius 3 is 2.37 bits per heavy atom. The van der Waals surface area contributed by atoms with Gasteiger partial charge in [0, 0.05) is 5.41 Å². The third-order valence-electron chi connectivity index (χ3n) is 3.71. The highest BCUT2D eigenvalue weighted by molar-refractivity contribution is 5.76. The summed E-state index contributed by atoms with van der Waals surface area (Å²) in [5.74, 6) is -0.891. The van der Waals surface area contributed by atoms with Crippen molar-refractivity contribution < 1.29 is 24.2 Å².